The monoisotopic (exact) mass is 319 g/mol. The van der Waals surface area contributed by atoms with E-state index in [9.17, 15) is 9.59 Å². The fraction of sp³-hybridized carbons (Fsp3) is 0.455. The third kappa shape index (κ3) is 4.12. The van der Waals surface area contributed by atoms with Gasteiger partial charge in [0.15, 0.2) is 0 Å². The summed E-state index contributed by atoms with van der Waals surface area (Å²) in [4.78, 5) is 25.3. The SMILES string of the molecule is CCOC(=O)CCN(C)C(=O)c1sccc1Br. The fourth-order valence-electron chi connectivity index (χ4n) is 1.21. The molecule has 0 saturated heterocycles. The van der Waals surface area contributed by atoms with Crippen LogP contribution < -0.4 is 0 Å². The summed E-state index contributed by atoms with van der Waals surface area (Å²) >= 11 is 4.69. The van der Waals surface area contributed by atoms with Crippen molar-refractivity contribution in [2.24, 2.45) is 0 Å². The minimum Gasteiger partial charge on any atom is -0.466 e. The van der Waals surface area contributed by atoms with Gasteiger partial charge < -0.3 is 9.64 Å². The van der Waals surface area contributed by atoms with E-state index in [2.05, 4.69) is 15.9 Å². The molecular weight excluding hydrogens is 306 g/mol. The van der Waals surface area contributed by atoms with Gasteiger partial charge in [-0.3, -0.25) is 9.59 Å². The van der Waals surface area contributed by atoms with E-state index in [1.807, 2.05) is 11.4 Å². The van der Waals surface area contributed by atoms with Crippen molar-refractivity contribution in [1.29, 1.82) is 0 Å². The van der Waals surface area contributed by atoms with Crippen LogP contribution in [0.5, 0.6) is 0 Å². The van der Waals surface area contributed by atoms with Crippen LogP contribution in [0, 0.1) is 0 Å². The molecule has 0 N–H and O–H groups in total. The van der Waals surface area contributed by atoms with Crippen LogP contribution in [0.25, 0.3) is 0 Å². The van der Waals surface area contributed by atoms with E-state index >= 15 is 0 Å². The Hall–Kier alpha value is -0.880. The average molecular weight is 320 g/mol. The Morgan fingerprint density at radius 3 is 2.76 bits per heavy atom. The number of hydrogen-bond acceptors (Lipinski definition) is 4. The molecule has 0 aromatic carbocycles. The molecule has 0 radical (unpaired) electrons. The van der Waals surface area contributed by atoms with Crippen molar-refractivity contribution in [1.82, 2.24) is 4.90 Å². The minimum atomic E-state index is -0.280. The van der Waals surface area contributed by atoms with Crippen LogP contribution in [0.2, 0.25) is 0 Å². The van der Waals surface area contributed by atoms with Crippen molar-refractivity contribution < 1.29 is 14.3 Å². The van der Waals surface area contributed by atoms with Crippen LogP contribution in [-0.4, -0.2) is 37.0 Å². The van der Waals surface area contributed by atoms with Gasteiger partial charge in [0, 0.05) is 18.1 Å². The molecule has 0 spiro atoms. The zero-order valence-electron chi connectivity index (χ0n) is 9.73. The van der Waals surface area contributed by atoms with Gasteiger partial charge >= 0.3 is 5.97 Å². The summed E-state index contributed by atoms with van der Waals surface area (Å²) in [5.74, 6) is -0.367. The van der Waals surface area contributed by atoms with Gasteiger partial charge in [0.1, 0.15) is 4.88 Å². The first-order chi connectivity index (χ1) is 8.06. The number of carbonyl (C=O) groups is 2. The predicted octanol–water partition coefficient (Wildman–Crippen LogP) is 2.54. The van der Waals surface area contributed by atoms with Crippen LogP contribution in [0.3, 0.4) is 0 Å². The van der Waals surface area contributed by atoms with E-state index < -0.39 is 0 Å². The minimum absolute atomic E-state index is 0.0869. The molecule has 1 rings (SSSR count). The van der Waals surface area contributed by atoms with Crippen LogP contribution in [0.4, 0.5) is 0 Å². The van der Waals surface area contributed by atoms with Gasteiger partial charge in [-0.05, 0) is 34.3 Å². The lowest BCUT2D eigenvalue weighted by Gasteiger charge is -2.15. The molecule has 1 aromatic rings. The number of halogens is 1. The highest BCUT2D eigenvalue weighted by molar-refractivity contribution is 9.10. The fourth-order valence-corrected chi connectivity index (χ4v) is 2.75. The maximum absolute atomic E-state index is 12.0. The normalized spacial score (nSPS) is 10.1. The molecule has 0 unspecified atom stereocenters. The molecule has 17 heavy (non-hydrogen) atoms. The first-order valence-electron chi connectivity index (χ1n) is 5.20. The van der Waals surface area contributed by atoms with Crippen molar-refractivity contribution in [3.05, 3.63) is 20.8 Å². The Morgan fingerprint density at radius 2 is 2.24 bits per heavy atom. The number of hydrogen-bond donors (Lipinski definition) is 0. The van der Waals surface area contributed by atoms with Crippen molar-refractivity contribution in [2.45, 2.75) is 13.3 Å². The second kappa shape index (κ2) is 6.76. The topological polar surface area (TPSA) is 46.6 Å². The quantitative estimate of drug-likeness (QED) is 0.783. The number of esters is 1. The van der Waals surface area contributed by atoms with E-state index in [0.717, 1.165) is 4.47 Å². The first-order valence-corrected chi connectivity index (χ1v) is 6.87. The molecule has 6 heteroatoms. The van der Waals surface area contributed by atoms with Gasteiger partial charge in [-0.2, -0.15) is 0 Å². The zero-order valence-corrected chi connectivity index (χ0v) is 12.1. The zero-order chi connectivity index (χ0) is 12.8. The van der Waals surface area contributed by atoms with Crippen molar-refractivity contribution >= 4 is 39.1 Å². The van der Waals surface area contributed by atoms with Crippen LogP contribution in [0.1, 0.15) is 23.0 Å². The number of ether oxygens (including phenoxy) is 1. The summed E-state index contributed by atoms with van der Waals surface area (Å²) in [6.45, 7) is 2.49. The molecule has 1 heterocycles. The molecule has 0 aliphatic carbocycles. The van der Waals surface area contributed by atoms with Crippen molar-refractivity contribution in [3.63, 3.8) is 0 Å². The first kappa shape index (κ1) is 14.2. The summed E-state index contributed by atoms with van der Waals surface area (Å²) in [5, 5.41) is 1.84. The number of rotatable bonds is 5. The van der Waals surface area contributed by atoms with Crippen LogP contribution in [0.15, 0.2) is 15.9 Å². The Kier molecular flexibility index (Phi) is 5.64. The summed E-state index contributed by atoms with van der Waals surface area (Å²) in [7, 11) is 1.67. The lowest BCUT2D eigenvalue weighted by atomic mass is 10.3. The molecule has 0 aliphatic rings. The van der Waals surface area contributed by atoms with Gasteiger partial charge in [-0.15, -0.1) is 11.3 Å². The van der Waals surface area contributed by atoms with Crippen LogP contribution >= 0.6 is 27.3 Å². The van der Waals surface area contributed by atoms with Gasteiger partial charge in [-0.1, -0.05) is 0 Å². The Bertz CT molecular complexity index is 405. The van der Waals surface area contributed by atoms with E-state index in [1.54, 1.807) is 14.0 Å². The molecular formula is C11H14BrNO3S. The van der Waals surface area contributed by atoms with E-state index in [1.165, 1.54) is 16.2 Å². The number of nitrogens with zero attached hydrogens (tertiary/aromatic N) is 1. The van der Waals surface area contributed by atoms with Gasteiger partial charge in [0.2, 0.25) is 0 Å². The smallest absolute Gasteiger partial charge is 0.307 e. The molecule has 4 nitrogen and oxygen atoms in total. The van der Waals surface area contributed by atoms with E-state index in [0.29, 0.717) is 18.0 Å². The van der Waals surface area contributed by atoms with Gasteiger partial charge in [-0.25, -0.2) is 0 Å². The van der Waals surface area contributed by atoms with Gasteiger partial charge in [0.25, 0.3) is 5.91 Å². The molecule has 0 fully saturated rings. The molecule has 0 atom stereocenters. The largest absolute Gasteiger partial charge is 0.466 e. The van der Waals surface area contributed by atoms with E-state index in [-0.39, 0.29) is 18.3 Å². The standard InChI is InChI=1S/C11H14BrNO3S/c1-3-16-9(14)4-6-13(2)11(15)10-8(12)5-7-17-10/h5,7H,3-4,6H2,1-2H3. The Labute approximate surface area is 113 Å². The Morgan fingerprint density at radius 1 is 1.53 bits per heavy atom. The number of amides is 1. The highest BCUT2D eigenvalue weighted by atomic mass is 79.9. The lowest BCUT2D eigenvalue weighted by molar-refractivity contribution is -0.143. The molecule has 0 aliphatic heterocycles. The molecule has 1 aromatic heterocycles. The molecule has 1 amide bonds. The maximum atomic E-state index is 12.0. The Balaban J connectivity index is 2.48. The summed E-state index contributed by atoms with van der Waals surface area (Å²) < 4.78 is 5.59. The molecule has 94 valence electrons. The number of thiophene rings is 1. The number of carbonyl (C=O) groups excluding carboxylic acids is 2. The van der Waals surface area contributed by atoms with Gasteiger partial charge in [0.05, 0.1) is 13.0 Å². The third-order valence-corrected chi connectivity index (χ3v) is 3.94. The summed E-state index contributed by atoms with van der Waals surface area (Å²) in [6, 6.07) is 1.83. The second-order valence-corrected chi connectivity index (χ2v) is 5.15. The van der Waals surface area contributed by atoms with Crippen molar-refractivity contribution in [3.8, 4) is 0 Å². The summed E-state index contributed by atoms with van der Waals surface area (Å²) in [5.41, 5.74) is 0. The van der Waals surface area contributed by atoms with E-state index in [4.69, 9.17) is 4.74 Å². The van der Waals surface area contributed by atoms with Crippen LogP contribution in [-0.2, 0) is 9.53 Å². The highest BCUT2D eigenvalue weighted by Crippen LogP contribution is 2.23. The molecule has 0 bridgehead atoms. The predicted molar refractivity (Wildman–Crippen MR) is 70.2 cm³/mol. The summed E-state index contributed by atoms with van der Waals surface area (Å²) in [6.07, 6.45) is 0.221. The molecule has 0 saturated carbocycles. The second-order valence-electron chi connectivity index (χ2n) is 3.38. The average Bonchev–Trinajstić information content (AvgIpc) is 2.71. The maximum Gasteiger partial charge on any atom is 0.307 e. The highest BCUT2D eigenvalue weighted by Gasteiger charge is 2.17. The van der Waals surface area contributed by atoms with Crippen molar-refractivity contribution in [2.75, 3.05) is 20.2 Å². The third-order valence-electron chi connectivity index (χ3n) is 2.11. The lowest BCUT2D eigenvalue weighted by Crippen LogP contribution is -2.29.